The molecule has 0 radical (unpaired) electrons. The van der Waals surface area contributed by atoms with E-state index in [2.05, 4.69) is 67.9 Å². The molecule has 180 valence electrons. The Balaban J connectivity index is 1.20. The lowest BCUT2D eigenvalue weighted by Crippen LogP contribution is -2.62. The summed E-state index contributed by atoms with van der Waals surface area (Å²) in [7, 11) is 0. The van der Waals surface area contributed by atoms with Crippen molar-refractivity contribution in [2.75, 3.05) is 45.0 Å². The standard InChI is InChI=1S/C26H36N8/c1-18-3-5-19(6-4-18)23-22-24(27)29-17-30-25(22)34(31-23)20-7-11-33(12-8-20)26(2)9-13-32(14-10-26)21-15-28-16-21/h3-6,17,20-21,28H,7-16H2,1-2H3,(H2,27,29,30). The van der Waals surface area contributed by atoms with Gasteiger partial charge in [0.15, 0.2) is 5.65 Å². The van der Waals surface area contributed by atoms with E-state index in [4.69, 9.17) is 10.8 Å². The van der Waals surface area contributed by atoms with Gasteiger partial charge < -0.3 is 11.1 Å². The van der Waals surface area contributed by atoms with Crippen LogP contribution in [0.5, 0.6) is 0 Å². The summed E-state index contributed by atoms with van der Waals surface area (Å²) in [5, 5.41) is 9.37. The second-order valence-electron chi connectivity index (χ2n) is 10.7. The molecule has 1 aromatic carbocycles. The molecule has 34 heavy (non-hydrogen) atoms. The minimum atomic E-state index is 0.310. The van der Waals surface area contributed by atoms with Gasteiger partial charge in [-0.05, 0) is 39.5 Å². The SMILES string of the molecule is Cc1ccc(-c2nn(C3CCN(C4(C)CCN(C5CNC5)CC4)CC3)c3ncnc(N)c23)cc1. The number of likely N-dealkylation sites (tertiary alicyclic amines) is 2. The van der Waals surface area contributed by atoms with Crippen LogP contribution >= 0.6 is 0 Å². The predicted octanol–water partition coefficient (Wildman–Crippen LogP) is 2.85. The second-order valence-corrected chi connectivity index (χ2v) is 10.7. The van der Waals surface area contributed by atoms with E-state index >= 15 is 0 Å². The minimum Gasteiger partial charge on any atom is -0.383 e. The van der Waals surface area contributed by atoms with Gasteiger partial charge in [-0.3, -0.25) is 9.80 Å². The Kier molecular flexibility index (Phi) is 5.54. The van der Waals surface area contributed by atoms with Gasteiger partial charge in [0.1, 0.15) is 17.8 Å². The summed E-state index contributed by atoms with van der Waals surface area (Å²) in [5.41, 5.74) is 10.7. The van der Waals surface area contributed by atoms with Gasteiger partial charge in [0.05, 0.1) is 11.4 Å². The van der Waals surface area contributed by atoms with Crippen LogP contribution in [0.15, 0.2) is 30.6 Å². The van der Waals surface area contributed by atoms with Crippen LogP contribution in [0.25, 0.3) is 22.3 Å². The highest BCUT2D eigenvalue weighted by atomic mass is 15.3. The fourth-order valence-electron chi connectivity index (χ4n) is 6.03. The Morgan fingerprint density at radius 1 is 0.971 bits per heavy atom. The number of anilines is 1. The van der Waals surface area contributed by atoms with E-state index in [1.54, 1.807) is 6.33 Å². The van der Waals surface area contributed by atoms with Crippen LogP contribution < -0.4 is 11.1 Å². The Morgan fingerprint density at radius 2 is 1.68 bits per heavy atom. The van der Waals surface area contributed by atoms with Crippen LogP contribution in [0.2, 0.25) is 0 Å². The molecule has 3 aliphatic heterocycles. The van der Waals surface area contributed by atoms with Gasteiger partial charge in [-0.15, -0.1) is 0 Å². The quantitative estimate of drug-likeness (QED) is 0.619. The number of piperidine rings is 2. The molecule has 0 amide bonds. The van der Waals surface area contributed by atoms with Gasteiger partial charge in [-0.1, -0.05) is 29.8 Å². The summed E-state index contributed by atoms with van der Waals surface area (Å²) in [5.74, 6) is 0.505. The lowest BCUT2D eigenvalue weighted by molar-refractivity contribution is -0.00558. The monoisotopic (exact) mass is 460 g/mol. The van der Waals surface area contributed by atoms with Crippen LogP contribution in [-0.4, -0.2) is 80.4 Å². The molecule has 0 aliphatic carbocycles. The average molecular weight is 461 g/mol. The number of benzene rings is 1. The highest BCUT2D eigenvalue weighted by molar-refractivity contribution is 5.98. The molecule has 3 fully saturated rings. The van der Waals surface area contributed by atoms with Crippen LogP contribution in [0.3, 0.4) is 0 Å². The number of nitrogen functional groups attached to an aromatic ring is 1. The van der Waals surface area contributed by atoms with Crippen molar-refractivity contribution in [2.24, 2.45) is 0 Å². The van der Waals surface area contributed by atoms with Gasteiger partial charge in [0, 0.05) is 56.4 Å². The predicted molar refractivity (Wildman–Crippen MR) is 136 cm³/mol. The van der Waals surface area contributed by atoms with Crippen molar-refractivity contribution in [3.63, 3.8) is 0 Å². The first-order valence-electron chi connectivity index (χ1n) is 12.8. The Hall–Kier alpha value is -2.55. The third-order valence-electron chi connectivity index (χ3n) is 8.57. The van der Waals surface area contributed by atoms with Crippen molar-refractivity contribution < 1.29 is 0 Å². The van der Waals surface area contributed by atoms with Crippen molar-refractivity contribution in [3.8, 4) is 11.3 Å². The fourth-order valence-corrected chi connectivity index (χ4v) is 6.03. The van der Waals surface area contributed by atoms with E-state index in [0.29, 0.717) is 17.4 Å². The Bertz CT molecular complexity index is 1150. The summed E-state index contributed by atoms with van der Waals surface area (Å²) >= 11 is 0. The molecular formula is C26H36N8. The van der Waals surface area contributed by atoms with Gasteiger partial charge in [0.2, 0.25) is 0 Å². The average Bonchev–Trinajstić information content (AvgIpc) is 3.21. The minimum absolute atomic E-state index is 0.310. The molecule has 3 aromatic rings. The van der Waals surface area contributed by atoms with Crippen LogP contribution in [0, 0.1) is 6.92 Å². The lowest BCUT2D eigenvalue weighted by atomic mass is 9.84. The van der Waals surface area contributed by atoms with E-state index in [1.807, 2.05) is 0 Å². The zero-order chi connectivity index (χ0) is 23.3. The maximum Gasteiger partial charge on any atom is 0.164 e. The molecule has 5 heterocycles. The normalized spacial score (nSPS) is 22.8. The summed E-state index contributed by atoms with van der Waals surface area (Å²) < 4.78 is 2.13. The molecule has 6 rings (SSSR count). The molecule has 0 unspecified atom stereocenters. The number of nitrogens with one attached hydrogen (secondary N) is 1. The number of nitrogens with zero attached hydrogens (tertiary/aromatic N) is 6. The maximum absolute atomic E-state index is 6.33. The number of hydrogen-bond donors (Lipinski definition) is 2. The zero-order valence-electron chi connectivity index (χ0n) is 20.4. The molecule has 0 bridgehead atoms. The molecule has 0 atom stereocenters. The van der Waals surface area contributed by atoms with Crippen LogP contribution in [-0.2, 0) is 0 Å². The summed E-state index contributed by atoms with van der Waals surface area (Å²) in [4.78, 5) is 14.3. The van der Waals surface area contributed by atoms with Crippen molar-refractivity contribution in [1.82, 2.24) is 34.9 Å². The smallest absolute Gasteiger partial charge is 0.164 e. The molecule has 8 nitrogen and oxygen atoms in total. The van der Waals surface area contributed by atoms with Gasteiger partial charge in [-0.25, -0.2) is 14.6 Å². The maximum atomic E-state index is 6.33. The topological polar surface area (TPSA) is 88.1 Å². The first kappa shape index (κ1) is 21.9. The van der Waals surface area contributed by atoms with Crippen LogP contribution in [0.4, 0.5) is 5.82 Å². The number of fused-ring (bicyclic) bond motifs is 1. The zero-order valence-corrected chi connectivity index (χ0v) is 20.4. The third-order valence-corrected chi connectivity index (χ3v) is 8.57. The van der Waals surface area contributed by atoms with E-state index in [9.17, 15) is 0 Å². The fraction of sp³-hybridized carbons (Fsp3) is 0.577. The molecule has 3 aliphatic rings. The van der Waals surface area contributed by atoms with E-state index in [-0.39, 0.29) is 0 Å². The Labute approximate surface area is 201 Å². The van der Waals surface area contributed by atoms with Gasteiger partial charge in [-0.2, -0.15) is 5.10 Å². The number of aryl methyl sites for hydroxylation is 1. The number of rotatable bonds is 4. The molecule has 0 spiro atoms. The molecule has 8 heteroatoms. The number of nitrogens with two attached hydrogens (primary N) is 1. The molecule has 2 aromatic heterocycles. The number of hydrogen-bond acceptors (Lipinski definition) is 7. The Morgan fingerprint density at radius 3 is 2.32 bits per heavy atom. The largest absolute Gasteiger partial charge is 0.383 e. The van der Waals surface area contributed by atoms with Crippen molar-refractivity contribution in [2.45, 2.75) is 57.2 Å². The van der Waals surface area contributed by atoms with Crippen molar-refractivity contribution in [1.29, 1.82) is 0 Å². The van der Waals surface area contributed by atoms with Gasteiger partial charge in [0.25, 0.3) is 0 Å². The highest BCUT2D eigenvalue weighted by Gasteiger charge is 2.40. The second kappa shape index (κ2) is 8.59. The molecule has 0 saturated carbocycles. The third kappa shape index (κ3) is 3.78. The molecule has 3 saturated heterocycles. The summed E-state index contributed by atoms with van der Waals surface area (Å²) in [6.45, 7) is 11.6. The van der Waals surface area contributed by atoms with E-state index < -0.39 is 0 Å². The molecular weight excluding hydrogens is 424 g/mol. The summed E-state index contributed by atoms with van der Waals surface area (Å²) in [6, 6.07) is 9.56. The van der Waals surface area contributed by atoms with Gasteiger partial charge >= 0.3 is 0 Å². The first-order chi connectivity index (χ1) is 16.5. The molecule has 3 N–H and O–H groups in total. The lowest BCUT2D eigenvalue weighted by Gasteiger charge is -2.51. The number of aromatic nitrogens is 4. The first-order valence-corrected chi connectivity index (χ1v) is 12.8. The summed E-state index contributed by atoms with van der Waals surface area (Å²) in [6.07, 6.45) is 6.26. The van der Waals surface area contributed by atoms with E-state index in [0.717, 1.165) is 54.3 Å². The van der Waals surface area contributed by atoms with Crippen molar-refractivity contribution in [3.05, 3.63) is 36.2 Å². The highest BCUT2D eigenvalue weighted by Crippen LogP contribution is 2.37. The van der Waals surface area contributed by atoms with Crippen molar-refractivity contribution >= 4 is 16.9 Å². The van der Waals surface area contributed by atoms with Crippen LogP contribution in [0.1, 0.15) is 44.2 Å². The van der Waals surface area contributed by atoms with E-state index in [1.165, 1.54) is 44.6 Å².